The van der Waals surface area contributed by atoms with Crippen LogP contribution in [0.3, 0.4) is 0 Å². The summed E-state index contributed by atoms with van der Waals surface area (Å²) in [7, 11) is -3.21. The molecule has 0 bridgehead atoms. The molecule has 0 radical (unpaired) electrons. The molecule has 0 aliphatic carbocycles. The Labute approximate surface area is 144 Å². The van der Waals surface area contributed by atoms with Crippen LogP contribution in [0.15, 0.2) is 60.7 Å². The Morgan fingerprint density at radius 1 is 0.958 bits per heavy atom. The smallest absolute Gasteiger partial charge is 0.155 e. The Bertz CT molecular complexity index is 702. The van der Waals surface area contributed by atoms with Gasteiger partial charge in [-0.05, 0) is 18.1 Å². The van der Waals surface area contributed by atoms with Gasteiger partial charge in [0.2, 0.25) is 0 Å². The number of hydrogen-bond acceptors (Lipinski definition) is 4. The monoisotopic (exact) mass is 347 g/mol. The maximum atomic E-state index is 12.5. The molecule has 0 aliphatic heterocycles. The van der Waals surface area contributed by atoms with E-state index in [1.54, 1.807) is 0 Å². The van der Waals surface area contributed by atoms with Gasteiger partial charge >= 0.3 is 0 Å². The summed E-state index contributed by atoms with van der Waals surface area (Å²) >= 11 is 0. The Morgan fingerprint density at radius 2 is 1.50 bits per heavy atom. The number of aliphatic hydroxyl groups excluding tert-OH is 1. The third-order valence-electron chi connectivity index (χ3n) is 3.96. The van der Waals surface area contributed by atoms with Crippen LogP contribution in [0.1, 0.15) is 18.1 Å². The second-order valence-corrected chi connectivity index (χ2v) is 8.18. The normalized spacial score (nSPS) is 13.1. The number of benzene rings is 2. The summed E-state index contributed by atoms with van der Waals surface area (Å²) in [6.45, 7) is 3.00. The average molecular weight is 347 g/mol. The largest absolute Gasteiger partial charge is 0.395 e. The van der Waals surface area contributed by atoms with Crippen molar-refractivity contribution in [3.63, 3.8) is 0 Å². The minimum Gasteiger partial charge on any atom is -0.395 e. The number of sulfone groups is 1. The molecular weight excluding hydrogens is 322 g/mol. The van der Waals surface area contributed by atoms with E-state index in [4.69, 9.17) is 0 Å². The standard InChI is InChI=1S/C19H25NO3S/c1-17(15-24(22,23)16-19-10-6-3-7-11-19)20(12-13-21)14-18-8-4-2-5-9-18/h2-11,17,21H,12-16H2,1H3/t17-/m0/s1. The van der Waals surface area contributed by atoms with Crippen molar-refractivity contribution in [2.24, 2.45) is 0 Å². The van der Waals surface area contributed by atoms with Gasteiger partial charge in [0, 0.05) is 19.1 Å². The number of rotatable bonds is 9. The molecule has 0 aromatic heterocycles. The highest BCUT2D eigenvalue weighted by molar-refractivity contribution is 7.90. The van der Waals surface area contributed by atoms with E-state index in [9.17, 15) is 13.5 Å². The molecule has 0 aliphatic rings. The van der Waals surface area contributed by atoms with Crippen LogP contribution in [-0.4, -0.2) is 43.4 Å². The molecule has 0 saturated heterocycles. The molecule has 4 nitrogen and oxygen atoms in total. The minimum atomic E-state index is -3.21. The first kappa shape index (κ1) is 18.6. The first-order valence-electron chi connectivity index (χ1n) is 8.13. The molecule has 1 N–H and O–H groups in total. The SMILES string of the molecule is C[C@@H](CS(=O)(=O)Cc1ccccc1)N(CCO)Cc1ccccc1. The number of hydrogen-bond donors (Lipinski definition) is 1. The van der Waals surface area contributed by atoms with Crippen molar-refractivity contribution >= 4 is 9.84 Å². The summed E-state index contributed by atoms with van der Waals surface area (Å²) < 4.78 is 25.0. The first-order valence-corrected chi connectivity index (χ1v) is 9.95. The summed E-state index contributed by atoms with van der Waals surface area (Å²) in [5.74, 6) is 0.130. The zero-order valence-electron chi connectivity index (χ0n) is 14.0. The predicted octanol–water partition coefficient (Wildman–Crippen LogP) is 2.48. The van der Waals surface area contributed by atoms with Crippen LogP contribution in [0.25, 0.3) is 0 Å². The van der Waals surface area contributed by atoms with Gasteiger partial charge in [-0.3, -0.25) is 4.90 Å². The third kappa shape index (κ3) is 6.07. The van der Waals surface area contributed by atoms with Crippen LogP contribution in [0.5, 0.6) is 0 Å². The van der Waals surface area contributed by atoms with Gasteiger partial charge in [0.1, 0.15) is 0 Å². The van der Waals surface area contributed by atoms with Gasteiger partial charge in [0.15, 0.2) is 9.84 Å². The molecule has 0 unspecified atom stereocenters. The van der Waals surface area contributed by atoms with Crippen LogP contribution in [0.4, 0.5) is 0 Å². The summed E-state index contributed by atoms with van der Waals surface area (Å²) in [4.78, 5) is 2.01. The molecule has 0 amide bonds. The lowest BCUT2D eigenvalue weighted by atomic mass is 10.2. The highest BCUT2D eigenvalue weighted by Crippen LogP contribution is 2.13. The topological polar surface area (TPSA) is 57.6 Å². The van der Waals surface area contributed by atoms with Crippen molar-refractivity contribution < 1.29 is 13.5 Å². The van der Waals surface area contributed by atoms with Gasteiger partial charge in [0.25, 0.3) is 0 Å². The molecule has 130 valence electrons. The van der Waals surface area contributed by atoms with E-state index in [0.717, 1.165) is 11.1 Å². The highest BCUT2D eigenvalue weighted by atomic mass is 32.2. The molecule has 0 spiro atoms. The van der Waals surface area contributed by atoms with Crippen molar-refractivity contribution in [3.05, 3.63) is 71.8 Å². The van der Waals surface area contributed by atoms with Gasteiger partial charge in [-0.25, -0.2) is 8.42 Å². The fraction of sp³-hybridized carbons (Fsp3) is 0.368. The van der Waals surface area contributed by atoms with Gasteiger partial charge < -0.3 is 5.11 Å². The van der Waals surface area contributed by atoms with E-state index < -0.39 is 9.84 Å². The molecule has 5 heteroatoms. The van der Waals surface area contributed by atoms with Gasteiger partial charge in [0.05, 0.1) is 18.1 Å². The Hall–Kier alpha value is -1.69. The van der Waals surface area contributed by atoms with E-state index in [2.05, 4.69) is 0 Å². The molecule has 0 fully saturated rings. The Morgan fingerprint density at radius 3 is 2.04 bits per heavy atom. The second-order valence-electron chi connectivity index (χ2n) is 6.07. The van der Waals surface area contributed by atoms with Crippen molar-refractivity contribution in [1.29, 1.82) is 0 Å². The molecule has 2 aromatic carbocycles. The summed E-state index contributed by atoms with van der Waals surface area (Å²) in [6.07, 6.45) is 0. The highest BCUT2D eigenvalue weighted by Gasteiger charge is 2.21. The lowest BCUT2D eigenvalue weighted by Crippen LogP contribution is -2.39. The second kappa shape index (κ2) is 8.97. The fourth-order valence-corrected chi connectivity index (χ4v) is 4.53. The van der Waals surface area contributed by atoms with Crippen LogP contribution >= 0.6 is 0 Å². The van der Waals surface area contributed by atoms with E-state index in [1.165, 1.54) is 0 Å². The lowest BCUT2D eigenvalue weighted by Gasteiger charge is -2.28. The van der Waals surface area contributed by atoms with E-state index in [0.29, 0.717) is 13.1 Å². The van der Waals surface area contributed by atoms with Crippen LogP contribution in [-0.2, 0) is 22.1 Å². The van der Waals surface area contributed by atoms with Gasteiger partial charge in [-0.2, -0.15) is 0 Å². The molecular formula is C19H25NO3S. The zero-order valence-corrected chi connectivity index (χ0v) is 14.8. The van der Waals surface area contributed by atoms with Crippen molar-refractivity contribution in [2.75, 3.05) is 18.9 Å². The maximum absolute atomic E-state index is 12.5. The van der Waals surface area contributed by atoms with Gasteiger partial charge in [-0.15, -0.1) is 0 Å². The summed E-state index contributed by atoms with van der Waals surface area (Å²) in [5.41, 5.74) is 1.92. The molecule has 2 rings (SSSR count). The molecule has 0 saturated carbocycles. The van der Waals surface area contributed by atoms with E-state index in [1.807, 2.05) is 72.5 Å². The quantitative estimate of drug-likeness (QED) is 0.757. The minimum absolute atomic E-state index is 0.00983. The van der Waals surface area contributed by atoms with Gasteiger partial charge in [-0.1, -0.05) is 60.7 Å². The van der Waals surface area contributed by atoms with Crippen LogP contribution in [0, 0.1) is 0 Å². The molecule has 0 heterocycles. The lowest BCUT2D eigenvalue weighted by molar-refractivity contribution is 0.160. The average Bonchev–Trinajstić information content (AvgIpc) is 2.55. The summed E-state index contributed by atoms with van der Waals surface area (Å²) in [5, 5.41) is 9.31. The van der Waals surface area contributed by atoms with Crippen LogP contribution in [0.2, 0.25) is 0 Å². The number of nitrogens with zero attached hydrogens (tertiary/aromatic N) is 1. The molecule has 2 aromatic rings. The van der Waals surface area contributed by atoms with E-state index in [-0.39, 0.29) is 24.2 Å². The summed E-state index contributed by atoms with van der Waals surface area (Å²) in [6, 6.07) is 19.0. The van der Waals surface area contributed by atoms with Crippen molar-refractivity contribution in [2.45, 2.75) is 25.3 Å². The third-order valence-corrected chi connectivity index (χ3v) is 5.73. The first-order chi connectivity index (χ1) is 11.5. The fourth-order valence-electron chi connectivity index (χ4n) is 2.76. The Kier molecular flexibility index (Phi) is 6.97. The van der Waals surface area contributed by atoms with Crippen LogP contribution < -0.4 is 0 Å². The number of aliphatic hydroxyl groups is 1. The maximum Gasteiger partial charge on any atom is 0.155 e. The molecule has 24 heavy (non-hydrogen) atoms. The molecule has 1 atom stereocenters. The Balaban J connectivity index is 2.02. The van der Waals surface area contributed by atoms with Crippen molar-refractivity contribution in [3.8, 4) is 0 Å². The van der Waals surface area contributed by atoms with E-state index >= 15 is 0 Å². The zero-order chi connectivity index (χ0) is 17.4. The van der Waals surface area contributed by atoms with Crippen molar-refractivity contribution in [1.82, 2.24) is 4.90 Å². The predicted molar refractivity (Wildman–Crippen MR) is 97.3 cm³/mol.